The topological polar surface area (TPSA) is 27.7 Å². The molecule has 0 saturated carbocycles. The van der Waals surface area contributed by atoms with Crippen LogP contribution in [-0.4, -0.2) is 51.1 Å². The van der Waals surface area contributed by atoms with Gasteiger partial charge in [0.1, 0.15) is 0 Å². The van der Waals surface area contributed by atoms with Crippen LogP contribution in [0.3, 0.4) is 0 Å². The van der Waals surface area contributed by atoms with Crippen LogP contribution < -0.4 is 0 Å². The second-order valence-electron chi connectivity index (χ2n) is 4.01. The van der Waals surface area contributed by atoms with Gasteiger partial charge in [0.2, 0.25) is 0 Å². The van der Waals surface area contributed by atoms with Gasteiger partial charge in [-0.25, -0.2) is 0 Å². The Kier molecular flexibility index (Phi) is 7.73. The molecule has 19 heavy (non-hydrogen) atoms. The maximum atomic E-state index is 5.51. The van der Waals surface area contributed by atoms with Gasteiger partial charge in [-0.05, 0) is 18.2 Å². The maximum absolute atomic E-state index is 5.51. The fourth-order valence-corrected chi connectivity index (χ4v) is 3.35. The fraction of sp³-hybridized carbons (Fsp3) is 0.571. The Bertz CT molecular complexity index is 331. The Morgan fingerprint density at radius 3 is 1.68 bits per heavy atom. The Morgan fingerprint density at radius 1 is 0.684 bits per heavy atom. The minimum absolute atomic E-state index is 0.651. The average molecular weight is 300 g/mol. The van der Waals surface area contributed by atoms with Crippen LogP contribution in [0.1, 0.15) is 0 Å². The number of ether oxygens (including phenoxy) is 3. The van der Waals surface area contributed by atoms with Crippen LogP contribution >= 0.6 is 23.5 Å². The van der Waals surface area contributed by atoms with Gasteiger partial charge in [-0.3, -0.25) is 0 Å². The summed E-state index contributed by atoms with van der Waals surface area (Å²) in [5.74, 6) is 1.97. The molecule has 3 nitrogen and oxygen atoms in total. The van der Waals surface area contributed by atoms with Gasteiger partial charge in [0, 0.05) is 21.3 Å². The Morgan fingerprint density at radius 2 is 1.16 bits per heavy atom. The standard InChI is InChI=1S/C14H20O3S2/c1-2-13-12-14(3-1)19-11-9-17-7-5-15-4-6-16-8-10-18-13/h1-3,12H,4-11H2. The van der Waals surface area contributed by atoms with E-state index in [4.69, 9.17) is 14.2 Å². The molecule has 1 aliphatic heterocycles. The van der Waals surface area contributed by atoms with Gasteiger partial charge >= 0.3 is 0 Å². The second kappa shape index (κ2) is 9.66. The summed E-state index contributed by atoms with van der Waals surface area (Å²) in [6.45, 7) is 4.16. The molecule has 1 aromatic rings. The van der Waals surface area contributed by atoms with Gasteiger partial charge in [-0.15, -0.1) is 23.5 Å². The number of hydrogen-bond donors (Lipinski definition) is 0. The Balaban J connectivity index is 1.84. The van der Waals surface area contributed by atoms with Gasteiger partial charge in [-0.2, -0.15) is 0 Å². The Labute approximate surface area is 123 Å². The molecule has 0 atom stereocenters. The van der Waals surface area contributed by atoms with E-state index in [0.29, 0.717) is 26.4 Å². The van der Waals surface area contributed by atoms with E-state index < -0.39 is 0 Å². The molecule has 0 radical (unpaired) electrons. The first-order valence-electron chi connectivity index (χ1n) is 6.54. The highest BCUT2D eigenvalue weighted by Crippen LogP contribution is 2.24. The molecule has 1 aromatic carbocycles. The normalized spacial score (nSPS) is 20.0. The van der Waals surface area contributed by atoms with Crippen LogP contribution in [0.4, 0.5) is 0 Å². The van der Waals surface area contributed by atoms with E-state index in [1.54, 1.807) is 0 Å². The molecule has 2 bridgehead atoms. The highest BCUT2D eigenvalue weighted by molar-refractivity contribution is 8.00. The molecule has 0 N–H and O–H groups in total. The number of thioether (sulfide) groups is 2. The third kappa shape index (κ3) is 6.68. The smallest absolute Gasteiger partial charge is 0.0701 e. The quantitative estimate of drug-likeness (QED) is 0.734. The first kappa shape index (κ1) is 15.2. The molecule has 0 fully saturated rings. The zero-order valence-electron chi connectivity index (χ0n) is 11.0. The SMILES string of the molecule is c1cc2cc(c1)SCCOCCOCCOCCS2. The number of fused-ring (bicyclic) bond motifs is 2. The summed E-state index contributed by atoms with van der Waals surface area (Å²) in [7, 11) is 0. The van der Waals surface area contributed by atoms with Crippen molar-refractivity contribution in [2.45, 2.75) is 9.79 Å². The first-order valence-corrected chi connectivity index (χ1v) is 8.51. The van der Waals surface area contributed by atoms with E-state index in [1.807, 2.05) is 23.5 Å². The van der Waals surface area contributed by atoms with E-state index in [-0.39, 0.29) is 0 Å². The number of rotatable bonds is 0. The lowest BCUT2D eigenvalue weighted by atomic mass is 10.4. The second-order valence-corrected chi connectivity index (χ2v) is 6.35. The summed E-state index contributed by atoms with van der Waals surface area (Å²) >= 11 is 3.67. The lowest BCUT2D eigenvalue weighted by Crippen LogP contribution is -2.11. The largest absolute Gasteiger partial charge is 0.378 e. The Hall–Kier alpha value is -0.200. The molecule has 1 aliphatic rings. The van der Waals surface area contributed by atoms with Crippen LogP contribution in [-0.2, 0) is 14.2 Å². The fourth-order valence-electron chi connectivity index (χ4n) is 1.63. The van der Waals surface area contributed by atoms with Gasteiger partial charge in [0.05, 0.1) is 39.6 Å². The lowest BCUT2D eigenvalue weighted by Gasteiger charge is -2.09. The summed E-state index contributed by atoms with van der Waals surface area (Å²) in [5, 5.41) is 0. The van der Waals surface area contributed by atoms with Crippen molar-refractivity contribution in [3.8, 4) is 0 Å². The van der Waals surface area contributed by atoms with E-state index in [2.05, 4.69) is 24.3 Å². The van der Waals surface area contributed by atoms with Crippen molar-refractivity contribution < 1.29 is 14.2 Å². The van der Waals surface area contributed by atoms with Gasteiger partial charge in [-0.1, -0.05) is 6.07 Å². The molecule has 0 aromatic heterocycles. The zero-order chi connectivity index (χ0) is 13.2. The zero-order valence-corrected chi connectivity index (χ0v) is 12.6. The highest BCUT2D eigenvalue weighted by atomic mass is 32.2. The predicted molar refractivity (Wildman–Crippen MR) is 80.3 cm³/mol. The molecule has 0 amide bonds. The average Bonchev–Trinajstić information content (AvgIpc) is 2.43. The van der Waals surface area contributed by atoms with Crippen molar-refractivity contribution in [3.63, 3.8) is 0 Å². The summed E-state index contributed by atoms with van der Waals surface area (Å²) in [6, 6.07) is 8.66. The van der Waals surface area contributed by atoms with Crippen molar-refractivity contribution in [1.29, 1.82) is 0 Å². The van der Waals surface area contributed by atoms with E-state index in [0.717, 1.165) is 24.7 Å². The molecular weight excluding hydrogens is 280 g/mol. The molecule has 0 unspecified atom stereocenters. The summed E-state index contributed by atoms with van der Waals surface area (Å²) in [6.07, 6.45) is 0. The van der Waals surface area contributed by atoms with Crippen LogP contribution in [0.5, 0.6) is 0 Å². The molecule has 0 saturated heterocycles. The maximum Gasteiger partial charge on any atom is 0.0701 e. The van der Waals surface area contributed by atoms with Crippen LogP contribution in [0.15, 0.2) is 34.1 Å². The molecule has 0 spiro atoms. The van der Waals surface area contributed by atoms with Gasteiger partial charge < -0.3 is 14.2 Å². The van der Waals surface area contributed by atoms with Gasteiger partial charge in [0.15, 0.2) is 0 Å². The lowest BCUT2D eigenvalue weighted by molar-refractivity contribution is 0.0205. The monoisotopic (exact) mass is 300 g/mol. The first-order chi connectivity index (χ1) is 9.45. The number of hydrogen-bond acceptors (Lipinski definition) is 5. The number of benzene rings is 1. The summed E-state index contributed by atoms with van der Waals surface area (Å²) in [5.41, 5.74) is 0. The molecule has 106 valence electrons. The molecule has 5 heteroatoms. The van der Waals surface area contributed by atoms with Crippen LogP contribution in [0.2, 0.25) is 0 Å². The van der Waals surface area contributed by atoms with Crippen molar-refractivity contribution in [3.05, 3.63) is 24.3 Å². The third-order valence-corrected chi connectivity index (χ3v) is 4.46. The van der Waals surface area contributed by atoms with E-state index >= 15 is 0 Å². The summed E-state index contributed by atoms with van der Waals surface area (Å²) < 4.78 is 16.4. The van der Waals surface area contributed by atoms with E-state index in [9.17, 15) is 0 Å². The summed E-state index contributed by atoms with van der Waals surface area (Å²) in [4.78, 5) is 2.61. The van der Waals surface area contributed by atoms with Crippen molar-refractivity contribution in [2.24, 2.45) is 0 Å². The highest BCUT2D eigenvalue weighted by Gasteiger charge is 2.00. The molecule has 0 aliphatic carbocycles. The van der Waals surface area contributed by atoms with Crippen LogP contribution in [0.25, 0.3) is 0 Å². The minimum atomic E-state index is 0.651. The molecule has 1 heterocycles. The molecular formula is C14H20O3S2. The molecule has 2 rings (SSSR count). The predicted octanol–water partition coefficient (Wildman–Crippen LogP) is 2.93. The van der Waals surface area contributed by atoms with Gasteiger partial charge in [0.25, 0.3) is 0 Å². The van der Waals surface area contributed by atoms with Crippen LogP contribution in [0, 0.1) is 0 Å². The third-order valence-electron chi connectivity index (χ3n) is 2.54. The van der Waals surface area contributed by atoms with Crippen molar-refractivity contribution in [1.82, 2.24) is 0 Å². The van der Waals surface area contributed by atoms with Crippen molar-refractivity contribution in [2.75, 3.05) is 51.1 Å². The minimum Gasteiger partial charge on any atom is -0.378 e. The van der Waals surface area contributed by atoms with E-state index in [1.165, 1.54) is 9.79 Å². The van der Waals surface area contributed by atoms with Crippen molar-refractivity contribution >= 4 is 23.5 Å².